The third-order valence-corrected chi connectivity index (χ3v) is 3.96. The van der Waals surface area contributed by atoms with E-state index in [0.29, 0.717) is 11.3 Å². The lowest BCUT2D eigenvalue weighted by molar-refractivity contribution is 0.102. The fourth-order valence-electron chi connectivity index (χ4n) is 1.60. The quantitative estimate of drug-likeness (QED) is 0.735. The van der Waals surface area contributed by atoms with E-state index in [1.165, 1.54) is 0 Å². The van der Waals surface area contributed by atoms with Crippen LogP contribution < -0.4 is 10.1 Å². The Balaban J connectivity index is 2.28. The maximum Gasteiger partial charge on any atom is 0.259 e. The largest absolute Gasteiger partial charge is 0.496 e. The van der Waals surface area contributed by atoms with Crippen molar-refractivity contribution in [1.29, 1.82) is 0 Å². The molecule has 1 amide bonds. The molecule has 0 fully saturated rings. The number of carbonyl (C=O) groups is 1. The van der Waals surface area contributed by atoms with Crippen LogP contribution in [0.5, 0.6) is 5.75 Å². The molecule has 1 N–H and O–H groups in total. The predicted molar refractivity (Wildman–Crippen MR) is 87.8 cm³/mol. The molecule has 0 unspecified atom stereocenters. The second kappa shape index (κ2) is 6.38. The number of para-hydroxylation sites is 1. The molecule has 0 saturated carbocycles. The molecule has 19 heavy (non-hydrogen) atoms. The second-order valence-corrected chi connectivity index (χ2v) is 5.86. The summed E-state index contributed by atoms with van der Waals surface area (Å²) in [6.07, 6.45) is 0. The molecule has 5 heteroatoms. The Kier molecular flexibility index (Phi) is 4.81. The molecule has 0 atom stereocenters. The zero-order chi connectivity index (χ0) is 13.8. The number of benzene rings is 2. The van der Waals surface area contributed by atoms with Gasteiger partial charge in [0.05, 0.1) is 18.4 Å². The van der Waals surface area contributed by atoms with E-state index in [0.717, 1.165) is 13.7 Å². The van der Waals surface area contributed by atoms with Crippen molar-refractivity contribution in [3.05, 3.63) is 56.1 Å². The Bertz CT molecular complexity index is 616. The fourth-order valence-corrected chi connectivity index (χ4v) is 2.47. The summed E-state index contributed by atoms with van der Waals surface area (Å²) in [5.74, 6) is 0.353. The molecule has 0 aliphatic rings. The van der Waals surface area contributed by atoms with Crippen LogP contribution in [0.2, 0.25) is 0 Å². The first-order chi connectivity index (χ1) is 9.11. The first-order valence-electron chi connectivity index (χ1n) is 5.51. The van der Waals surface area contributed by atoms with Crippen LogP contribution >= 0.6 is 38.5 Å². The highest BCUT2D eigenvalue weighted by Gasteiger charge is 2.13. The van der Waals surface area contributed by atoms with E-state index in [1.54, 1.807) is 19.2 Å². The highest BCUT2D eigenvalue weighted by Crippen LogP contribution is 2.25. The Morgan fingerprint density at radius 2 is 2.00 bits per heavy atom. The van der Waals surface area contributed by atoms with Crippen LogP contribution in [-0.4, -0.2) is 13.0 Å². The van der Waals surface area contributed by atoms with Crippen LogP contribution in [0.4, 0.5) is 5.69 Å². The second-order valence-electron chi connectivity index (χ2n) is 3.78. The monoisotopic (exact) mass is 431 g/mol. The summed E-state index contributed by atoms with van der Waals surface area (Å²) < 4.78 is 7.08. The van der Waals surface area contributed by atoms with Gasteiger partial charge in [0, 0.05) is 8.04 Å². The van der Waals surface area contributed by atoms with Gasteiger partial charge in [0.15, 0.2) is 0 Å². The van der Waals surface area contributed by atoms with Gasteiger partial charge in [-0.1, -0.05) is 28.1 Å². The van der Waals surface area contributed by atoms with Crippen molar-refractivity contribution in [1.82, 2.24) is 0 Å². The van der Waals surface area contributed by atoms with Crippen LogP contribution in [-0.2, 0) is 0 Å². The van der Waals surface area contributed by atoms with Gasteiger partial charge in [-0.15, -0.1) is 0 Å². The van der Waals surface area contributed by atoms with E-state index in [-0.39, 0.29) is 5.91 Å². The summed E-state index contributed by atoms with van der Waals surface area (Å²) in [4.78, 5) is 12.2. The van der Waals surface area contributed by atoms with Gasteiger partial charge < -0.3 is 10.1 Å². The van der Waals surface area contributed by atoms with Gasteiger partial charge in [0.25, 0.3) is 5.91 Å². The van der Waals surface area contributed by atoms with E-state index in [1.807, 2.05) is 30.3 Å². The number of carbonyl (C=O) groups excluding carboxylic acids is 1. The first-order valence-corrected chi connectivity index (χ1v) is 7.38. The number of hydrogen-bond donors (Lipinski definition) is 1. The van der Waals surface area contributed by atoms with Gasteiger partial charge >= 0.3 is 0 Å². The highest BCUT2D eigenvalue weighted by atomic mass is 127. The zero-order valence-electron chi connectivity index (χ0n) is 10.1. The molecule has 0 heterocycles. The molecule has 0 aliphatic heterocycles. The molecule has 0 aromatic heterocycles. The van der Waals surface area contributed by atoms with Gasteiger partial charge in [-0.2, -0.15) is 0 Å². The topological polar surface area (TPSA) is 38.3 Å². The number of amides is 1. The van der Waals surface area contributed by atoms with Gasteiger partial charge in [-0.25, -0.2) is 0 Å². The maximum absolute atomic E-state index is 12.2. The number of anilines is 1. The summed E-state index contributed by atoms with van der Waals surface area (Å²) in [6.45, 7) is 0. The smallest absolute Gasteiger partial charge is 0.259 e. The fraction of sp³-hybridized carbons (Fsp3) is 0.0714. The number of ether oxygens (including phenoxy) is 1. The number of hydrogen-bond acceptors (Lipinski definition) is 2. The lowest BCUT2D eigenvalue weighted by atomic mass is 10.2. The first kappa shape index (κ1) is 14.3. The minimum atomic E-state index is -0.187. The van der Waals surface area contributed by atoms with Crippen LogP contribution in [0.15, 0.2) is 46.9 Å². The third kappa shape index (κ3) is 3.48. The summed E-state index contributed by atoms with van der Waals surface area (Å²) in [5.41, 5.74) is 1.29. The Morgan fingerprint density at radius 1 is 1.26 bits per heavy atom. The SMILES string of the molecule is COc1cc(Br)ccc1C(=O)Nc1ccccc1I. The van der Waals surface area contributed by atoms with E-state index in [9.17, 15) is 4.79 Å². The van der Waals surface area contributed by atoms with Crippen molar-refractivity contribution in [2.45, 2.75) is 0 Å². The normalized spacial score (nSPS) is 10.1. The van der Waals surface area contributed by atoms with E-state index in [2.05, 4.69) is 43.8 Å². The molecule has 98 valence electrons. The van der Waals surface area contributed by atoms with Crippen molar-refractivity contribution >= 4 is 50.1 Å². The van der Waals surface area contributed by atoms with E-state index in [4.69, 9.17) is 4.74 Å². The lowest BCUT2D eigenvalue weighted by Gasteiger charge is -2.10. The summed E-state index contributed by atoms with van der Waals surface area (Å²) in [7, 11) is 1.55. The van der Waals surface area contributed by atoms with Crippen LogP contribution in [0.3, 0.4) is 0 Å². The highest BCUT2D eigenvalue weighted by molar-refractivity contribution is 14.1. The molecule has 2 rings (SSSR count). The summed E-state index contributed by atoms with van der Waals surface area (Å²) in [5, 5.41) is 2.88. The number of nitrogens with one attached hydrogen (secondary N) is 1. The van der Waals surface area contributed by atoms with E-state index >= 15 is 0 Å². The predicted octanol–water partition coefficient (Wildman–Crippen LogP) is 4.31. The molecule has 2 aromatic rings. The maximum atomic E-state index is 12.2. The molecule has 0 aliphatic carbocycles. The minimum absolute atomic E-state index is 0.187. The summed E-state index contributed by atoms with van der Waals surface area (Å²) in [6, 6.07) is 12.9. The molecule has 0 radical (unpaired) electrons. The number of halogens is 2. The number of rotatable bonds is 3. The molecule has 0 spiro atoms. The standard InChI is InChI=1S/C14H11BrINO2/c1-19-13-8-9(15)6-7-10(13)14(18)17-12-5-3-2-4-11(12)16/h2-8H,1H3,(H,17,18). The van der Waals surface area contributed by atoms with Crippen LogP contribution in [0, 0.1) is 3.57 Å². The molecule has 0 saturated heterocycles. The molecule has 3 nitrogen and oxygen atoms in total. The lowest BCUT2D eigenvalue weighted by Crippen LogP contribution is -2.13. The van der Waals surface area contributed by atoms with Crippen LogP contribution in [0.25, 0.3) is 0 Å². The van der Waals surface area contributed by atoms with Gasteiger partial charge in [-0.05, 0) is 52.9 Å². The average molecular weight is 432 g/mol. The Labute approximate surface area is 133 Å². The average Bonchev–Trinajstić information content (AvgIpc) is 2.41. The van der Waals surface area contributed by atoms with Gasteiger partial charge in [-0.3, -0.25) is 4.79 Å². The third-order valence-electron chi connectivity index (χ3n) is 2.53. The zero-order valence-corrected chi connectivity index (χ0v) is 13.9. The van der Waals surface area contributed by atoms with Crippen molar-refractivity contribution in [2.75, 3.05) is 12.4 Å². The number of methoxy groups -OCH3 is 1. The van der Waals surface area contributed by atoms with Gasteiger partial charge in [0.1, 0.15) is 5.75 Å². The molecule has 2 aromatic carbocycles. The molecular formula is C14H11BrINO2. The molecular weight excluding hydrogens is 421 g/mol. The summed E-state index contributed by atoms with van der Waals surface area (Å²) >= 11 is 5.53. The van der Waals surface area contributed by atoms with Crippen molar-refractivity contribution in [3.63, 3.8) is 0 Å². The van der Waals surface area contributed by atoms with Crippen molar-refractivity contribution in [2.24, 2.45) is 0 Å². The Morgan fingerprint density at radius 3 is 2.68 bits per heavy atom. The van der Waals surface area contributed by atoms with Crippen LogP contribution in [0.1, 0.15) is 10.4 Å². The minimum Gasteiger partial charge on any atom is -0.496 e. The van der Waals surface area contributed by atoms with Crippen molar-refractivity contribution in [3.8, 4) is 5.75 Å². The van der Waals surface area contributed by atoms with E-state index < -0.39 is 0 Å². The Hall–Kier alpha value is -1.08. The van der Waals surface area contributed by atoms with Gasteiger partial charge in [0.2, 0.25) is 0 Å². The molecule has 0 bridgehead atoms. The van der Waals surface area contributed by atoms with Crippen molar-refractivity contribution < 1.29 is 9.53 Å².